The zero-order valence-corrected chi connectivity index (χ0v) is 13.5. The van der Waals surface area contributed by atoms with E-state index < -0.39 is 11.9 Å². The van der Waals surface area contributed by atoms with Crippen LogP contribution in [0.5, 0.6) is 5.75 Å². The lowest BCUT2D eigenvalue weighted by Crippen LogP contribution is -2.34. The number of hydrogen-bond acceptors (Lipinski definition) is 3. The van der Waals surface area contributed by atoms with Crippen molar-refractivity contribution < 1.29 is 19.4 Å². The summed E-state index contributed by atoms with van der Waals surface area (Å²) < 4.78 is 5.34. The van der Waals surface area contributed by atoms with E-state index in [1.807, 2.05) is 45.0 Å². The molecule has 0 aliphatic rings. The Hall–Kier alpha value is -2.04. The molecule has 0 bridgehead atoms. The van der Waals surface area contributed by atoms with Crippen LogP contribution < -0.4 is 10.1 Å². The van der Waals surface area contributed by atoms with Crippen LogP contribution in [0.25, 0.3) is 0 Å². The van der Waals surface area contributed by atoms with Crippen molar-refractivity contribution in [1.29, 1.82) is 0 Å². The van der Waals surface area contributed by atoms with Gasteiger partial charge in [0.05, 0.1) is 18.9 Å². The molecule has 1 amide bonds. The van der Waals surface area contributed by atoms with Crippen molar-refractivity contribution in [1.82, 2.24) is 5.32 Å². The molecule has 0 aromatic heterocycles. The van der Waals surface area contributed by atoms with Gasteiger partial charge < -0.3 is 15.2 Å². The van der Waals surface area contributed by atoms with E-state index in [1.54, 1.807) is 0 Å². The largest absolute Gasteiger partial charge is 0.494 e. The first kappa shape index (κ1) is 18.0. The number of carbonyl (C=O) groups is 2. The van der Waals surface area contributed by atoms with Crippen molar-refractivity contribution in [2.45, 2.75) is 33.6 Å². The molecule has 0 aliphatic heterocycles. The molecule has 1 aromatic rings. The first-order chi connectivity index (χ1) is 10.4. The van der Waals surface area contributed by atoms with Crippen molar-refractivity contribution in [3.8, 4) is 5.75 Å². The van der Waals surface area contributed by atoms with Gasteiger partial charge in [-0.05, 0) is 37.0 Å². The molecular formula is C17H25NO4. The Bertz CT molecular complexity index is 482. The fourth-order valence-electron chi connectivity index (χ4n) is 2.20. The molecule has 0 aliphatic carbocycles. The van der Waals surface area contributed by atoms with Gasteiger partial charge in [0, 0.05) is 6.54 Å². The third-order valence-corrected chi connectivity index (χ3v) is 3.25. The molecule has 1 atom stereocenters. The summed E-state index contributed by atoms with van der Waals surface area (Å²) in [6.45, 7) is 6.63. The van der Waals surface area contributed by atoms with Gasteiger partial charge in [0.2, 0.25) is 5.91 Å². The van der Waals surface area contributed by atoms with Crippen molar-refractivity contribution in [2.75, 3.05) is 13.2 Å². The van der Waals surface area contributed by atoms with Crippen LogP contribution in [0.4, 0.5) is 0 Å². The lowest BCUT2D eigenvalue weighted by molar-refractivity contribution is -0.142. The number of carbonyl (C=O) groups excluding carboxylic acids is 1. The molecule has 0 saturated carbocycles. The molecule has 1 rings (SSSR count). The average Bonchev–Trinajstić information content (AvgIpc) is 2.45. The van der Waals surface area contributed by atoms with Gasteiger partial charge in [0.15, 0.2) is 0 Å². The van der Waals surface area contributed by atoms with Gasteiger partial charge >= 0.3 is 5.97 Å². The molecule has 0 heterocycles. The van der Waals surface area contributed by atoms with E-state index in [-0.39, 0.29) is 24.8 Å². The van der Waals surface area contributed by atoms with Gasteiger partial charge in [-0.25, -0.2) is 0 Å². The zero-order chi connectivity index (χ0) is 16.5. The predicted molar refractivity (Wildman–Crippen MR) is 84.9 cm³/mol. The van der Waals surface area contributed by atoms with Gasteiger partial charge in [0.25, 0.3) is 0 Å². The summed E-state index contributed by atoms with van der Waals surface area (Å²) in [6.07, 6.45) is 0.791. The number of nitrogens with one attached hydrogen (secondary N) is 1. The van der Waals surface area contributed by atoms with E-state index in [4.69, 9.17) is 9.84 Å². The maximum Gasteiger partial charge on any atom is 0.308 e. The number of amides is 1. The molecule has 1 aromatic carbocycles. The van der Waals surface area contributed by atoms with E-state index in [1.165, 1.54) is 0 Å². The highest BCUT2D eigenvalue weighted by Gasteiger charge is 2.19. The molecule has 0 saturated heterocycles. The second-order valence-electron chi connectivity index (χ2n) is 5.72. The molecule has 0 spiro atoms. The maximum atomic E-state index is 11.9. The van der Waals surface area contributed by atoms with Crippen LogP contribution >= 0.6 is 0 Å². The SMILES string of the molecule is CCOc1ccc(CC(=O)NCC(CC(C)C)C(=O)O)cc1. The number of benzene rings is 1. The lowest BCUT2D eigenvalue weighted by atomic mass is 9.97. The van der Waals surface area contributed by atoms with Crippen LogP contribution in [0.15, 0.2) is 24.3 Å². The Morgan fingerprint density at radius 3 is 2.36 bits per heavy atom. The van der Waals surface area contributed by atoms with Crippen molar-refractivity contribution in [3.05, 3.63) is 29.8 Å². The molecule has 122 valence electrons. The van der Waals surface area contributed by atoms with Crippen LogP contribution in [-0.2, 0) is 16.0 Å². The summed E-state index contributed by atoms with van der Waals surface area (Å²) in [6, 6.07) is 7.33. The minimum Gasteiger partial charge on any atom is -0.494 e. The highest BCUT2D eigenvalue weighted by atomic mass is 16.5. The summed E-state index contributed by atoms with van der Waals surface area (Å²) >= 11 is 0. The fourth-order valence-corrected chi connectivity index (χ4v) is 2.20. The molecule has 5 heteroatoms. The standard InChI is InChI=1S/C17H25NO4/c1-4-22-15-7-5-13(6-8-15)10-16(19)18-11-14(17(20)21)9-12(2)3/h5-8,12,14H,4,9-11H2,1-3H3,(H,18,19)(H,20,21). The Labute approximate surface area is 131 Å². The molecule has 0 fully saturated rings. The van der Waals surface area contributed by atoms with Gasteiger partial charge in [0.1, 0.15) is 5.75 Å². The van der Waals surface area contributed by atoms with Crippen LogP contribution in [-0.4, -0.2) is 30.1 Å². The predicted octanol–water partition coefficient (Wildman–Crippen LogP) is 2.49. The molecule has 0 radical (unpaired) electrons. The number of carboxylic acids is 1. The lowest BCUT2D eigenvalue weighted by Gasteiger charge is -2.15. The maximum absolute atomic E-state index is 11.9. The van der Waals surface area contributed by atoms with Gasteiger partial charge in [-0.1, -0.05) is 26.0 Å². The van der Waals surface area contributed by atoms with Crippen molar-refractivity contribution >= 4 is 11.9 Å². The van der Waals surface area contributed by atoms with Crippen LogP contribution in [0.3, 0.4) is 0 Å². The summed E-state index contributed by atoms with van der Waals surface area (Å²) in [4.78, 5) is 23.0. The molecule has 22 heavy (non-hydrogen) atoms. The number of rotatable bonds is 9. The Morgan fingerprint density at radius 2 is 1.86 bits per heavy atom. The minimum atomic E-state index is -0.866. The topological polar surface area (TPSA) is 75.6 Å². The van der Waals surface area contributed by atoms with E-state index in [0.29, 0.717) is 13.0 Å². The van der Waals surface area contributed by atoms with Crippen LogP contribution in [0.1, 0.15) is 32.8 Å². The first-order valence-corrected chi connectivity index (χ1v) is 7.63. The van der Waals surface area contributed by atoms with E-state index in [2.05, 4.69) is 5.32 Å². The number of ether oxygens (including phenoxy) is 1. The summed E-state index contributed by atoms with van der Waals surface area (Å²) in [5, 5.41) is 11.8. The molecule has 2 N–H and O–H groups in total. The third-order valence-electron chi connectivity index (χ3n) is 3.25. The fraction of sp³-hybridized carbons (Fsp3) is 0.529. The molecule has 1 unspecified atom stereocenters. The zero-order valence-electron chi connectivity index (χ0n) is 13.5. The van der Waals surface area contributed by atoms with Crippen LogP contribution in [0, 0.1) is 11.8 Å². The number of aliphatic carboxylic acids is 1. The Kier molecular flexibility index (Phi) is 7.43. The van der Waals surface area contributed by atoms with Gasteiger partial charge in [-0.15, -0.1) is 0 Å². The van der Waals surface area contributed by atoms with E-state index >= 15 is 0 Å². The van der Waals surface area contributed by atoms with Crippen LogP contribution in [0.2, 0.25) is 0 Å². The molecular weight excluding hydrogens is 282 g/mol. The quantitative estimate of drug-likeness (QED) is 0.735. The summed E-state index contributed by atoms with van der Waals surface area (Å²) in [5.41, 5.74) is 0.872. The number of carboxylic acid groups (broad SMARTS) is 1. The second kappa shape index (κ2) is 9.07. The first-order valence-electron chi connectivity index (χ1n) is 7.63. The van der Waals surface area contributed by atoms with Crippen molar-refractivity contribution in [2.24, 2.45) is 11.8 Å². The van der Waals surface area contributed by atoms with E-state index in [9.17, 15) is 9.59 Å². The monoisotopic (exact) mass is 307 g/mol. The number of hydrogen-bond donors (Lipinski definition) is 2. The average molecular weight is 307 g/mol. The second-order valence-corrected chi connectivity index (χ2v) is 5.72. The third kappa shape index (κ3) is 6.61. The normalized spacial score (nSPS) is 12.0. The van der Waals surface area contributed by atoms with Gasteiger partial charge in [-0.2, -0.15) is 0 Å². The molecule has 5 nitrogen and oxygen atoms in total. The Balaban J connectivity index is 2.46. The highest BCUT2D eigenvalue weighted by molar-refractivity contribution is 5.79. The van der Waals surface area contributed by atoms with Gasteiger partial charge in [-0.3, -0.25) is 9.59 Å². The smallest absolute Gasteiger partial charge is 0.308 e. The van der Waals surface area contributed by atoms with E-state index in [0.717, 1.165) is 11.3 Å². The summed E-state index contributed by atoms with van der Waals surface area (Å²) in [5.74, 6) is -0.517. The Morgan fingerprint density at radius 1 is 1.23 bits per heavy atom. The van der Waals surface area contributed by atoms with Crippen molar-refractivity contribution in [3.63, 3.8) is 0 Å². The minimum absolute atomic E-state index is 0.167. The highest BCUT2D eigenvalue weighted by Crippen LogP contribution is 2.13. The summed E-state index contributed by atoms with van der Waals surface area (Å²) in [7, 11) is 0.